The molecule has 0 atom stereocenters. The minimum absolute atomic E-state index is 0.169. The molecule has 3 rings (SSSR count). The van der Waals surface area contributed by atoms with Gasteiger partial charge in [0.15, 0.2) is 0 Å². The molecule has 0 radical (unpaired) electrons. The topological polar surface area (TPSA) is 66.2 Å². The number of aromatic nitrogens is 2. The lowest BCUT2D eigenvalue weighted by Crippen LogP contribution is -1.89. The Bertz CT molecular complexity index is 738. The normalized spacial score (nSPS) is 11.1. The molecule has 4 heteroatoms. The number of aryl methyl sites for hydroxylation is 1. The number of rotatable bonds is 0. The van der Waals surface area contributed by atoms with Crippen LogP contribution in [-0.4, -0.2) is 20.2 Å². The van der Waals surface area contributed by atoms with E-state index >= 15 is 0 Å². The summed E-state index contributed by atoms with van der Waals surface area (Å²) in [5.74, 6) is 0.352. The molecule has 1 heterocycles. The van der Waals surface area contributed by atoms with Gasteiger partial charge in [0.05, 0.1) is 22.1 Å². The number of hydrogen-bond acceptors (Lipinski definition) is 4. The first-order valence-corrected chi connectivity index (χ1v) is 5.23. The third-order valence-corrected chi connectivity index (χ3v) is 2.70. The SMILES string of the molecule is Cc1cc(O)cc2nc3ccc(O)cc3nc12. The average Bonchev–Trinajstić information content (AvgIpc) is 2.27. The Morgan fingerprint density at radius 3 is 2.41 bits per heavy atom. The van der Waals surface area contributed by atoms with Crippen molar-refractivity contribution in [2.45, 2.75) is 6.92 Å². The molecule has 0 saturated carbocycles. The Balaban J connectivity index is 2.48. The first kappa shape index (κ1) is 9.84. The molecule has 84 valence electrons. The third kappa shape index (κ3) is 1.54. The summed E-state index contributed by atoms with van der Waals surface area (Å²) in [5.41, 5.74) is 3.59. The van der Waals surface area contributed by atoms with E-state index in [9.17, 15) is 10.2 Å². The van der Waals surface area contributed by atoms with Crippen LogP contribution in [0.1, 0.15) is 5.56 Å². The lowest BCUT2D eigenvalue weighted by atomic mass is 10.1. The largest absolute Gasteiger partial charge is 0.508 e. The maximum atomic E-state index is 9.52. The van der Waals surface area contributed by atoms with E-state index in [2.05, 4.69) is 9.97 Å². The standard InChI is InChI=1S/C13H10N2O2/c1-7-4-9(17)6-12-13(7)15-11-5-8(16)2-3-10(11)14-12/h2-6,16-17H,1H3. The summed E-state index contributed by atoms with van der Waals surface area (Å²) < 4.78 is 0. The molecule has 2 N–H and O–H groups in total. The summed E-state index contributed by atoms with van der Waals surface area (Å²) in [6, 6.07) is 8.08. The Labute approximate surface area is 97.2 Å². The first-order valence-electron chi connectivity index (χ1n) is 5.23. The molecule has 0 unspecified atom stereocenters. The van der Waals surface area contributed by atoms with E-state index in [0.717, 1.165) is 11.1 Å². The Kier molecular flexibility index (Phi) is 1.92. The molecule has 0 amide bonds. The lowest BCUT2D eigenvalue weighted by Gasteiger charge is -2.04. The van der Waals surface area contributed by atoms with Crippen LogP contribution >= 0.6 is 0 Å². The Morgan fingerprint density at radius 2 is 1.59 bits per heavy atom. The summed E-state index contributed by atoms with van der Waals surface area (Å²) in [4.78, 5) is 8.85. The molecular weight excluding hydrogens is 216 g/mol. The van der Waals surface area contributed by atoms with Gasteiger partial charge in [-0.05, 0) is 30.7 Å². The molecule has 0 saturated heterocycles. The van der Waals surface area contributed by atoms with E-state index in [-0.39, 0.29) is 11.5 Å². The zero-order chi connectivity index (χ0) is 12.0. The number of aromatic hydroxyl groups is 2. The van der Waals surface area contributed by atoms with Gasteiger partial charge in [-0.2, -0.15) is 0 Å². The number of phenolic OH excluding ortho intramolecular Hbond substituents is 2. The predicted octanol–water partition coefficient (Wildman–Crippen LogP) is 2.50. The van der Waals surface area contributed by atoms with Crippen molar-refractivity contribution < 1.29 is 10.2 Å². The van der Waals surface area contributed by atoms with Crippen molar-refractivity contribution in [3.8, 4) is 11.5 Å². The van der Waals surface area contributed by atoms with Gasteiger partial charge in [0, 0.05) is 12.1 Å². The summed E-state index contributed by atoms with van der Waals surface area (Å²) in [6.45, 7) is 1.87. The summed E-state index contributed by atoms with van der Waals surface area (Å²) >= 11 is 0. The van der Waals surface area contributed by atoms with Gasteiger partial charge in [-0.1, -0.05) is 0 Å². The number of fused-ring (bicyclic) bond motifs is 2. The number of benzene rings is 2. The van der Waals surface area contributed by atoms with Crippen LogP contribution in [0, 0.1) is 6.92 Å². The van der Waals surface area contributed by atoms with Gasteiger partial charge in [-0.3, -0.25) is 0 Å². The van der Waals surface area contributed by atoms with Gasteiger partial charge in [0.1, 0.15) is 11.5 Å². The molecule has 4 nitrogen and oxygen atoms in total. The van der Waals surface area contributed by atoms with Crippen molar-refractivity contribution in [1.82, 2.24) is 9.97 Å². The molecule has 3 aromatic rings. The fourth-order valence-electron chi connectivity index (χ4n) is 1.92. The Morgan fingerprint density at radius 1 is 0.824 bits per heavy atom. The van der Waals surface area contributed by atoms with Crippen LogP contribution in [0.2, 0.25) is 0 Å². The quantitative estimate of drug-likeness (QED) is 0.578. The predicted molar refractivity (Wildman–Crippen MR) is 65.1 cm³/mol. The second-order valence-corrected chi connectivity index (χ2v) is 4.03. The minimum atomic E-state index is 0.169. The average molecular weight is 226 g/mol. The van der Waals surface area contributed by atoms with Crippen molar-refractivity contribution in [2.24, 2.45) is 0 Å². The molecule has 0 aliphatic carbocycles. The van der Waals surface area contributed by atoms with Crippen molar-refractivity contribution in [2.75, 3.05) is 0 Å². The molecule has 0 fully saturated rings. The molecule has 0 spiro atoms. The monoisotopic (exact) mass is 226 g/mol. The lowest BCUT2D eigenvalue weighted by molar-refractivity contribution is 0.475. The highest BCUT2D eigenvalue weighted by Gasteiger charge is 2.06. The molecule has 0 aliphatic rings. The first-order chi connectivity index (χ1) is 8.13. The van der Waals surface area contributed by atoms with Gasteiger partial charge in [0.25, 0.3) is 0 Å². The second-order valence-electron chi connectivity index (χ2n) is 4.03. The van der Waals surface area contributed by atoms with E-state index in [0.29, 0.717) is 16.6 Å². The van der Waals surface area contributed by atoms with E-state index in [1.807, 2.05) is 6.92 Å². The van der Waals surface area contributed by atoms with Gasteiger partial charge in [-0.15, -0.1) is 0 Å². The fraction of sp³-hybridized carbons (Fsp3) is 0.0769. The zero-order valence-electron chi connectivity index (χ0n) is 9.18. The smallest absolute Gasteiger partial charge is 0.118 e. The van der Waals surface area contributed by atoms with Gasteiger partial charge < -0.3 is 10.2 Å². The minimum Gasteiger partial charge on any atom is -0.508 e. The number of nitrogens with zero attached hydrogens (tertiary/aromatic N) is 2. The second kappa shape index (κ2) is 3.31. The van der Waals surface area contributed by atoms with Crippen molar-refractivity contribution >= 4 is 22.1 Å². The summed E-state index contributed by atoms with van der Waals surface area (Å²) in [5, 5.41) is 18.9. The Hall–Kier alpha value is -2.36. The van der Waals surface area contributed by atoms with Crippen LogP contribution in [0.4, 0.5) is 0 Å². The highest BCUT2D eigenvalue weighted by atomic mass is 16.3. The van der Waals surface area contributed by atoms with Crippen LogP contribution in [0.3, 0.4) is 0 Å². The molecule has 17 heavy (non-hydrogen) atoms. The summed E-state index contributed by atoms with van der Waals surface area (Å²) in [7, 11) is 0. The van der Waals surface area contributed by atoms with E-state index < -0.39 is 0 Å². The van der Waals surface area contributed by atoms with Crippen LogP contribution < -0.4 is 0 Å². The van der Waals surface area contributed by atoms with Crippen LogP contribution in [0.15, 0.2) is 30.3 Å². The molecular formula is C13H10N2O2. The van der Waals surface area contributed by atoms with Gasteiger partial charge in [0.2, 0.25) is 0 Å². The fourth-order valence-corrected chi connectivity index (χ4v) is 1.92. The maximum absolute atomic E-state index is 9.52. The van der Waals surface area contributed by atoms with E-state index in [1.54, 1.807) is 30.3 Å². The van der Waals surface area contributed by atoms with Crippen LogP contribution in [0.5, 0.6) is 11.5 Å². The van der Waals surface area contributed by atoms with Gasteiger partial charge >= 0.3 is 0 Å². The molecule has 2 aromatic carbocycles. The van der Waals surface area contributed by atoms with Crippen molar-refractivity contribution in [3.63, 3.8) is 0 Å². The van der Waals surface area contributed by atoms with Crippen LogP contribution in [0.25, 0.3) is 22.1 Å². The molecule has 0 aliphatic heterocycles. The highest BCUT2D eigenvalue weighted by molar-refractivity contribution is 5.89. The highest BCUT2D eigenvalue weighted by Crippen LogP contribution is 2.25. The zero-order valence-corrected chi connectivity index (χ0v) is 9.18. The summed E-state index contributed by atoms with van der Waals surface area (Å²) in [6.07, 6.45) is 0. The van der Waals surface area contributed by atoms with Crippen molar-refractivity contribution in [1.29, 1.82) is 0 Å². The molecule has 0 bridgehead atoms. The van der Waals surface area contributed by atoms with Gasteiger partial charge in [-0.25, -0.2) is 9.97 Å². The third-order valence-electron chi connectivity index (χ3n) is 2.70. The number of hydrogen-bond donors (Lipinski definition) is 2. The van der Waals surface area contributed by atoms with Crippen molar-refractivity contribution in [3.05, 3.63) is 35.9 Å². The van der Waals surface area contributed by atoms with E-state index in [1.165, 1.54) is 0 Å². The molecule has 1 aromatic heterocycles. The van der Waals surface area contributed by atoms with Crippen LogP contribution in [-0.2, 0) is 0 Å². The number of phenols is 2. The van der Waals surface area contributed by atoms with E-state index in [4.69, 9.17) is 0 Å². The maximum Gasteiger partial charge on any atom is 0.118 e.